The van der Waals surface area contributed by atoms with Crippen molar-refractivity contribution in [3.05, 3.63) is 132 Å². The van der Waals surface area contributed by atoms with Crippen LogP contribution in [0.4, 0.5) is 0 Å². The van der Waals surface area contributed by atoms with Gasteiger partial charge in [0.15, 0.2) is 0 Å². The maximum absolute atomic E-state index is 12.4. The smallest absolute Gasteiger partial charge is 0.242 e. The van der Waals surface area contributed by atoms with Crippen LogP contribution in [-0.4, -0.2) is 54.3 Å². The molecule has 1 fully saturated rings. The summed E-state index contributed by atoms with van der Waals surface area (Å²) in [4.78, 5) is 29.6. The molecule has 0 bridgehead atoms. The first-order valence-electron chi connectivity index (χ1n) is 13.9. The molecule has 204 valence electrons. The molecule has 4 aromatic rings. The Labute approximate surface area is 236 Å². The fraction of sp³-hybridized carbons (Fsp3) is 0.235. The number of carbonyl (C=O) groups is 2. The van der Waals surface area contributed by atoms with Gasteiger partial charge in [0.1, 0.15) is 0 Å². The zero-order valence-corrected chi connectivity index (χ0v) is 22.7. The number of piperazine rings is 1. The van der Waals surface area contributed by atoms with Crippen LogP contribution in [0.5, 0.6) is 0 Å². The quantitative estimate of drug-likeness (QED) is 0.303. The minimum Gasteiger partial charge on any atom is -0.300 e. The number of hydrazine groups is 1. The Balaban J connectivity index is 1.04. The van der Waals surface area contributed by atoms with Crippen molar-refractivity contribution in [2.24, 2.45) is 0 Å². The van der Waals surface area contributed by atoms with Gasteiger partial charge in [-0.15, -0.1) is 0 Å². The molecule has 5 rings (SSSR count). The molecule has 40 heavy (non-hydrogen) atoms. The van der Waals surface area contributed by atoms with Crippen molar-refractivity contribution in [1.82, 2.24) is 20.7 Å². The van der Waals surface area contributed by atoms with Crippen molar-refractivity contribution in [3.63, 3.8) is 0 Å². The summed E-state index contributed by atoms with van der Waals surface area (Å²) < 4.78 is 0. The van der Waals surface area contributed by atoms with Gasteiger partial charge in [-0.2, -0.15) is 0 Å². The molecule has 6 heteroatoms. The van der Waals surface area contributed by atoms with Crippen LogP contribution in [0.2, 0.25) is 0 Å². The van der Waals surface area contributed by atoms with Crippen LogP contribution in [0.25, 0.3) is 11.1 Å². The van der Waals surface area contributed by atoms with Gasteiger partial charge < -0.3 is 4.90 Å². The Morgan fingerprint density at radius 2 is 1.10 bits per heavy atom. The van der Waals surface area contributed by atoms with Crippen LogP contribution in [-0.2, 0) is 16.0 Å². The second-order valence-electron chi connectivity index (χ2n) is 10.2. The molecule has 0 saturated carbocycles. The lowest BCUT2D eigenvalue weighted by atomic mass is 9.96. The molecule has 0 unspecified atom stereocenters. The predicted molar refractivity (Wildman–Crippen MR) is 159 cm³/mol. The Morgan fingerprint density at radius 1 is 0.600 bits per heavy atom. The third-order valence-electron chi connectivity index (χ3n) is 7.42. The molecule has 0 aliphatic carbocycles. The van der Waals surface area contributed by atoms with Crippen molar-refractivity contribution in [2.45, 2.75) is 18.9 Å². The Morgan fingerprint density at radius 3 is 1.68 bits per heavy atom. The molecule has 0 atom stereocenters. The average molecular weight is 533 g/mol. The molecular weight excluding hydrogens is 496 g/mol. The summed E-state index contributed by atoms with van der Waals surface area (Å²) in [5, 5.41) is 0. The second kappa shape index (κ2) is 13.7. The monoisotopic (exact) mass is 532 g/mol. The van der Waals surface area contributed by atoms with Crippen molar-refractivity contribution < 1.29 is 9.59 Å². The predicted octanol–water partition coefficient (Wildman–Crippen LogP) is 4.84. The van der Waals surface area contributed by atoms with E-state index in [1.165, 1.54) is 11.1 Å². The van der Waals surface area contributed by atoms with Crippen LogP contribution < -0.4 is 10.9 Å². The van der Waals surface area contributed by atoms with Crippen LogP contribution in [0.3, 0.4) is 0 Å². The molecule has 0 spiro atoms. The highest BCUT2D eigenvalue weighted by atomic mass is 16.2. The number of nitrogens with zero attached hydrogens (tertiary/aromatic N) is 2. The topological polar surface area (TPSA) is 64.7 Å². The summed E-state index contributed by atoms with van der Waals surface area (Å²) in [6, 6.07) is 39.6. The number of amides is 2. The van der Waals surface area contributed by atoms with E-state index in [1.807, 2.05) is 42.5 Å². The lowest BCUT2D eigenvalue weighted by Crippen LogP contribution is -2.49. The molecule has 4 aromatic carbocycles. The lowest BCUT2D eigenvalue weighted by molar-refractivity contribution is -0.128. The maximum atomic E-state index is 12.4. The molecule has 0 aromatic heterocycles. The van der Waals surface area contributed by atoms with Gasteiger partial charge in [-0.1, -0.05) is 115 Å². The van der Waals surface area contributed by atoms with E-state index in [0.29, 0.717) is 13.0 Å². The minimum absolute atomic E-state index is 0.179. The molecule has 2 amide bonds. The largest absolute Gasteiger partial charge is 0.300 e. The molecule has 1 aliphatic rings. The minimum atomic E-state index is -0.234. The van der Waals surface area contributed by atoms with Gasteiger partial charge in [-0.3, -0.25) is 25.3 Å². The van der Waals surface area contributed by atoms with E-state index in [0.717, 1.165) is 42.9 Å². The zero-order valence-electron chi connectivity index (χ0n) is 22.7. The first kappa shape index (κ1) is 27.3. The lowest BCUT2D eigenvalue weighted by Gasteiger charge is -2.39. The highest BCUT2D eigenvalue weighted by Gasteiger charge is 2.26. The van der Waals surface area contributed by atoms with Crippen LogP contribution in [0.15, 0.2) is 115 Å². The molecule has 2 N–H and O–H groups in total. The molecule has 1 saturated heterocycles. The van der Waals surface area contributed by atoms with Crippen LogP contribution >= 0.6 is 0 Å². The van der Waals surface area contributed by atoms with E-state index in [1.54, 1.807) is 0 Å². The normalized spacial score (nSPS) is 14.1. The molecule has 0 radical (unpaired) electrons. The van der Waals surface area contributed by atoms with Gasteiger partial charge in [-0.05, 0) is 27.8 Å². The van der Waals surface area contributed by atoms with Gasteiger partial charge in [0, 0.05) is 39.1 Å². The summed E-state index contributed by atoms with van der Waals surface area (Å²) >= 11 is 0. The van der Waals surface area contributed by atoms with E-state index in [-0.39, 0.29) is 24.3 Å². The van der Waals surface area contributed by atoms with Crippen LogP contribution in [0.1, 0.15) is 29.2 Å². The highest BCUT2D eigenvalue weighted by Crippen LogP contribution is 2.29. The highest BCUT2D eigenvalue weighted by molar-refractivity contribution is 5.83. The number of hydrogen-bond acceptors (Lipinski definition) is 4. The number of hydrogen-bond donors (Lipinski definition) is 2. The standard InChI is InChI=1S/C34H36N4O2/c39-32(35-36-33(40)26-27-16-18-29(19-17-27)28-10-4-1-5-11-28)20-21-37-22-24-38(25-23-37)34(30-12-6-2-7-13-30)31-14-8-3-9-15-31/h1-19,34H,20-26H2,(H,35,39)(H,36,40). The van der Waals surface area contributed by atoms with E-state index in [9.17, 15) is 9.59 Å². The summed E-state index contributed by atoms with van der Waals surface area (Å²) in [5.41, 5.74) is 10.9. The number of benzene rings is 4. The third-order valence-corrected chi connectivity index (χ3v) is 7.42. The first-order valence-corrected chi connectivity index (χ1v) is 13.9. The molecule has 1 aliphatic heterocycles. The van der Waals surface area contributed by atoms with E-state index >= 15 is 0 Å². The van der Waals surface area contributed by atoms with Crippen molar-refractivity contribution in [2.75, 3.05) is 32.7 Å². The molecular formula is C34H36N4O2. The van der Waals surface area contributed by atoms with Crippen molar-refractivity contribution in [1.29, 1.82) is 0 Å². The SMILES string of the molecule is O=C(CCN1CCN(C(c2ccccc2)c2ccccc2)CC1)NNC(=O)Cc1ccc(-c2ccccc2)cc1. The Kier molecular flexibility index (Phi) is 9.35. The fourth-order valence-electron chi connectivity index (χ4n) is 5.27. The first-order chi connectivity index (χ1) is 19.7. The summed E-state index contributed by atoms with van der Waals surface area (Å²) in [6.45, 7) is 4.31. The second-order valence-corrected chi connectivity index (χ2v) is 10.2. The Bertz CT molecular complexity index is 1310. The number of nitrogens with one attached hydrogen (secondary N) is 2. The summed E-state index contributed by atoms with van der Waals surface area (Å²) in [7, 11) is 0. The van der Waals surface area contributed by atoms with Gasteiger partial charge in [0.2, 0.25) is 11.8 Å². The number of carbonyl (C=O) groups excluding carboxylic acids is 2. The van der Waals surface area contributed by atoms with Gasteiger partial charge in [0.05, 0.1) is 12.5 Å². The van der Waals surface area contributed by atoms with Crippen LogP contribution in [0, 0.1) is 0 Å². The molecule has 6 nitrogen and oxygen atoms in total. The zero-order chi connectivity index (χ0) is 27.6. The number of rotatable bonds is 9. The van der Waals surface area contributed by atoms with E-state index in [4.69, 9.17) is 0 Å². The molecule has 1 heterocycles. The van der Waals surface area contributed by atoms with Gasteiger partial charge in [0.25, 0.3) is 0 Å². The maximum Gasteiger partial charge on any atom is 0.242 e. The summed E-state index contributed by atoms with van der Waals surface area (Å²) in [6.07, 6.45) is 0.550. The van der Waals surface area contributed by atoms with Crippen molar-refractivity contribution in [3.8, 4) is 11.1 Å². The fourth-order valence-corrected chi connectivity index (χ4v) is 5.27. The summed E-state index contributed by atoms with van der Waals surface area (Å²) in [5.74, 6) is -0.413. The van der Waals surface area contributed by atoms with Crippen molar-refractivity contribution >= 4 is 11.8 Å². The van der Waals surface area contributed by atoms with E-state index < -0.39 is 0 Å². The average Bonchev–Trinajstić information content (AvgIpc) is 3.02. The van der Waals surface area contributed by atoms with E-state index in [2.05, 4.69) is 93.4 Å². The van der Waals surface area contributed by atoms with Gasteiger partial charge >= 0.3 is 0 Å². The third kappa shape index (κ3) is 7.44. The van der Waals surface area contributed by atoms with Gasteiger partial charge in [-0.25, -0.2) is 0 Å². The Hall–Kier alpha value is -4.26.